The van der Waals surface area contributed by atoms with E-state index in [2.05, 4.69) is 0 Å². The Kier molecular flexibility index (Phi) is 4.70. The highest BCUT2D eigenvalue weighted by Crippen LogP contribution is 2.56. The number of halogens is 7. The van der Waals surface area contributed by atoms with Gasteiger partial charge in [0.15, 0.2) is 19.1 Å². The molecule has 3 heterocycles. The quantitative estimate of drug-likeness (QED) is 0.324. The Morgan fingerprint density at radius 1 is 0.667 bits per heavy atom. The van der Waals surface area contributed by atoms with Crippen LogP contribution in [0.4, 0.5) is 30.8 Å². The fourth-order valence-electron chi connectivity index (χ4n) is 5.11. The standard InChI is InChI=1S/C21H21F7N2/c1-29-10-12-30(28,13-11-29)19(15-7-3-5-9-17(15)21(25,26)27)18(29)14-6-2-4-8-16(14)20(22,23)24/h2-9,18-19H,10-13H2,1H3/q+2/t18-,19-,29?,30?/m1/s1. The van der Waals surface area contributed by atoms with Gasteiger partial charge in [0.25, 0.3) is 0 Å². The molecule has 3 saturated heterocycles. The van der Waals surface area contributed by atoms with E-state index in [1.54, 1.807) is 7.05 Å². The maximum Gasteiger partial charge on any atom is 0.416 e. The highest BCUT2D eigenvalue weighted by atomic mass is 19.4. The molecule has 2 aromatic rings. The van der Waals surface area contributed by atoms with Crippen molar-refractivity contribution in [3.63, 3.8) is 0 Å². The fourth-order valence-corrected chi connectivity index (χ4v) is 5.11. The first kappa shape index (κ1) is 21.1. The summed E-state index contributed by atoms with van der Waals surface area (Å²) in [6.45, 7) is 0.409. The number of quaternary nitrogens is 2. The SMILES string of the molecule is C[N+]12CC[N+](F)(CC1)[C@H](c1ccccc1C(F)(F)F)[C@H]2c1ccccc1C(F)(F)F. The third-order valence-corrected chi connectivity index (χ3v) is 6.60. The molecule has 2 atom stereocenters. The summed E-state index contributed by atoms with van der Waals surface area (Å²) in [6, 6.07) is 7.01. The number of rotatable bonds is 2. The zero-order valence-electron chi connectivity index (χ0n) is 16.1. The van der Waals surface area contributed by atoms with Crippen molar-refractivity contribution >= 4 is 0 Å². The molecule has 5 rings (SSSR count). The van der Waals surface area contributed by atoms with Crippen molar-refractivity contribution in [2.45, 2.75) is 24.4 Å². The molecule has 0 amide bonds. The summed E-state index contributed by atoms with van der Waals surface area (Å²) in [6.07, 6.45) is -9.44. The lowest BCUT2D eigenvalue weighted by Crippen LogP contribution is -2.72. The number of likely N-dealkylation sites (N-methyl/N-ethyl adjacent to an activating group) is 1. The van der Waals surface area contributed by atoms with E-state index in [9.17, 15) is 26.3 Å². The van der Waals surface area contributed by atoms with Gasteiger partial charge < -0.3 is 4.48 Å². The Hall–Kier alpha value is -2.13. The van der Waals surface area contributed by atoms with Crippen LogP contribution < -0.4 is 0 Å². The third kappa shape index (κ3) is 3.28. The van der Waals surface area contributed by atoms with Gasteiger partial charge in [0.2, 0.25) is 6.04 Å². The summed E-state index contributed by atoms with van der Waals surface area (Å²) in [7, 11) is 1.71. The Bertz CT molecular complexity index is 865. The number of fused-ring (bicyclic) bond motifs is 3. The molecule has 3 aliphatic rings. The number of benzene rings is 2. The van der Waals surface area contributed by atoms with Crippen LogP contribution in [0.3, 0.4) is 0 Å². The highest BCUT2D eigenvalue weighted by molar-refractivity contribution is 5.38. The van der Waals surface area contributed by atoms with Crippen LogP contribution in [0.1, 0.15) is 34.3 Å². The molecular formula is C21H21F7N2+2. The highest BCUT2D eigenvalue weighted by Gasteiger charge is 2.65. The van der Waals surface area contributed by atoms with Crippen LogP contribution >= 0.6 is 0 Å². The number of nitrogens with zero attached hydrogens (tertiary/aromatic N) is 2. The second kappa shape index (κ2) is 6.68. The van der Waals surface area contributed by atoms with Crippen LogP contribution in [0.2, 0.25) is 0 Å². The van der Waals surface area contributed by atoms with E-state index in [4.69, 9.17) is 0 Å². The maximum absolute atomic E-state index is 16.1. The van der Waals surface area contributed by atoms with E-state index in [1.165, 1.54) is 36.4 Å². The van der Waals surface area contributed by atoms with Crippen molar-refractivity contribution in [3.8, 4) is 0 Å². The van der Waals surface area contributed by atoms with Crippen molar-refractivity contribution in [2.75, 3.05) is 33.2 Å². The Morgan fingerprint density at radius 3 is 1.50 bits per heavy atom. The molecule has 0 radical (unpaired) electrons. The lowest BCUT2D eigenvalue weighted by molar-refractivity contribution is -1.18. The topological polar surface area (TPSA) is 0 Å². The molecule has 162 valence electrons. The first-order valence-corrected chi connectivity index (χ1v) is 9.60. The molecule has 3 fully saturated rings. The Balaban J connectivity index is 1.98. The summed E-state index contributed by atoms with van der Waals surface area (Å²) in [4.78, 5) is 0. The van der Waals surface area contributed by atoms with Gasteiger partial charge in [-0.25, -0.2) is 0 Å². The van der Waals surface area contributed by atoms with E-state index in [1.807, 2.05) is 0 Å². The van der Waals surface area contributed by atoms with Crippen LogP contribution in [0.25, 0.3) is 0 Å². The molecule has 2 nitrogen and oxygen atoms in total. The molecule has 3 aliphatic heterocycles. The summed E-state index contributed by atoms with van der Waals surface area (Å²) >= 11 is 0. The Labute approximate surface area is 169 Å². The van der Waals surface area contributed by atoms with Crippen LogP contribution in [-0.4, -0.2) is 42.4 Å². The molecule has 0 unspecified atom stereocenters. The summed E-state index contributed by atoms with van der Waals surface area (Å²) in [5.41, 5.74) is -2.38. The first-order chi connectivity index (χ1) is 13.9. The summed E-state index contributed by atoms with van der Waals surface area (Å²) in [5, 5.41) is 0. The van der Waals surface area contributed by atoms with Gasteiger partial charge in [0.05, 0.1) is 18.2 Å². The normalized spacial score (nSPS) is 31.7. The van der Waals surface area contributed by atoms with Gasteiger partial charge in [0.1, 0.15) is 13.1 Å². The molecule has 0 aromatic heterocycles. The van der Waals surface area contributed by atoms with Crippen LogP contribution in [0.15, 0.2) is 48.5 Å². The minimum absolute atomic E-state index is 0.0436. The van der Waals surface area contributed by atoms with Crippen LogP contribution in [0, 0.1) is 0 Å². The van der Waals surface area contributed by atoms with Crippen LogP contribution in [0.5, 0.6) is 0 Å². The monoisotopic (exact) mass is 434 g/mol. The number of hydrogen-bond acceptors (Lipinski definition) is 0. The Morgan fingerprint density at radius 2 is 1.07 bits per heavy atom. The van der Waals surface area contributed by atoms with Gasteiger partial charge in [-0.15, -0.1) is 4.71 Å². The second-order valence-corrected chi connectivity index (χ2v) is 8.36. The van der Waals surface area contributed by atoms with Gasteiger partial charge in [0, 0.05) is 11.1 Å². The van der Waals surface area contributed by atoms with Gasteiger partial charge in [-0.3, -0.25) is 0 Å². The molecular weight excluding hydrogens is 413 g/mol. The van der Waals surface area contributed by atoms with Gasteiger partial charge in [-0.05, 0) is 16.6 Å². The summed E-state index contributed by atoms with van der Waals surface area (Å²) in [5.74, 6) is 0. The van der Waals surface area contributed by atoms with Gasteiger partial charge in [-0.2, -0.15) is 26.3 Å². The summed E-state index contributed by atoms with van der Waals surface area (Å²) < 4.78 is 97.5. The predicted octanol–water partition coefficient (Wildman–Crippen LogP) is 5.68. The van der Waals surface area contributed by atoms with Crippen molar-refractivity contribution in [2.24, 2.45) is 0 Å². The van der Waals surface area contributed by atoms with Crippen molar-refractivity contribution in [3.05, 3.63) is 70.8 Å². The maximum atomic E-state index is 16.1. The number of piperazine rings is 3. The molecule has 0 saturated carbocycles. The smallest absolute Gasteiger partial charge is 0.305 e. The molecule has 9 heteroatoms. The third-order valence-electron chi connectivity index (χ3n) is 6.60. The minimum Gasteiger partial charge on any atom is -0.305 e. The average molecular weight is 434 g/mol. The van der Waals surface area contributed by atoms with Crippen molar-refractivity contribution < 1.29 is 40.0 Å². The average Bonchev–Trinajstić information content (AvgIpc) is 2.67. The predicted molar refractivity (Wildman–Crippen MR) is 95.4 cm³/mol. The van der Waals surface area contributed by atoms with Gasteiger partial charge >= 0.3 is 12.4 Å². The second-order valence-electron chi connectivity index (χ2n) is 8.36. The molecule has 0 N–H and O–H groups in total. The van der Waals surface area contributed by atoms with E-state index in [0.29, 0.717) is 0 Å². The van der Waals surface area contributed by atoms with Gasteiger partial charge in [-0.1, -0.05) is 36.4 Å². The zero-order chi connectivity index (χ0) is 21.9. The molecule has 30 heavy (non-hydrogen) atoms. The van der Waals surface area contributed by atoms with E-state index in [0.717, 1.165) is 12.1 Å². The number of alkyl halides is 6. The minimum atomic E-state index is -4.74. The molecule has 0 aliphatic carbocycles. The van der Waals surface area contributed by atoms with Crippen molar-refractivity contribution in [1.82, 2.24) is 0 Å². The fraction of sp³-hybridized carbons (Fsp3) is 0.429. The number of hydrogen-bond donors (Lipinski definition) is 0. The first-order valence-electron chi connectivity index (χ1n) is 9.60. The van der Waals surface area contributed by atoms with E-state index < -0.39 is 40.3 Å². The molecule has 2 bridgehead atoms. The lowest BCUT2D eigenvalue weighted by atomic mass is 9.80. The van der Waals surface area contributed by atoms with E-state index in [-0.39, 0.29) is 41.8 Å². The van der Waals surface area contributed by atoms with E-state index >= 15 is 4.48 Å². The van der Waals surface area contributed by atoms with Crippen LogP contribution in [-0.2, 0) is 12.4 Å². The molecule has 2 aromatic carbocycles. The molecule has 0 spiro atoms. The lowest BCUT2D eigenvalue weighted by Gasteiger charge is -2.57. The largest absolute Gasteiger partial charge is 0.416 e. The van der Waals surface area contributed by atoms with Crippen molar-refractivity contribution in [1.29, 1.82) is 0 Å². The zero-order valence-corrected chi connectivity index (χ0v) is 16.1.